The van der Waals surface area contributed by atoms with Crippen LogP contribution in [0.15, 0.2) is 18.2 Å². The lowest BCUT2D eigenvalue weighted by Gasteiger charge is -2.14. The number of nitrogens with two attached hydrogens (primary N) is 2. The monoisotopic (exact) mass is 308 g/mol. The first-order valence-corrected chi connectivity index (χ1v) is 8.04. The minimum absolute atomic E-state index is 0.214. The van der Waals surface area contributed by atoms with E-state index in [9.17, 15) is 4.79 Å². The van der Waals surface area contributed by atoms with Crippen molar-refractivity contribution in [2.75, 3.05) is 12.3 Å². The molecule has 0 fully saturated rings. The van der Waals surface area contributed by atoms with E-state index in [2.05, 4.69) is 6.92 Å². The summed E-state index contributed by atoms with van der Waals surface area (Å²) >= 11 is 0. The summed E-state index contributed by atoms with van der Waals surface area (Å²) in [6.45, 7) is 2.83. The van der Waals surface area contributed by atoms with Crippen LogP contribution in [0.5, 0.6) is 5.75 Å². The molecule has 0 amide bonds. The number of anilines is 1. The fourth-order valence-electron chi connectivity index (χ4n) is 2.29. The molecule has 0 heterocycles. The van der Waals surface area contributed by atoms with Gasteiger partial charge in [0.25, 0.3) is 0 Å². The van der Waals surface area contributed by atoms with Gasteiger partial charge in [-0.3, -0.25) is 4.79 Å². The van der Waals surface area contributed by atoms with Crippen LogP contribution in [0.4, 0.5) is 5.69 Å². The highest BCUT2D eigenvalue weighted by Crippen LogP contribution is 2.23. The Morgan fingerprint density at radius 1 is 1.23 bits per heavy atom. The summed E-state index contributed by atoms with van der Waals surface area (Å²) in [5.74, 6) is -0.344. The molecule has 5 heteroatoms. The molecule has 0 saturated carbocycles. The number of aliphatic carboxylic acids is 1. The van der Waals surface area contributed by atoms with E-state index in [4.69, 9.17) is 21.3 Å². The Hall–Kier alpha value is -1.75. The number of benzene rings is 1. The van der Waals surface area contributed by atoms with Gasteiger partial charge in [-0.2, -0.15) is 0 Å². The maximum atomic E-state index is 10.9. The number of hydrogen-bond acceptors (Lipinski definition) is 4. The summed E-state index contributed by atoms with van der Waals surface area (Å²) in [5.41, 5.74) is 12.7. The zero-order valence-electron chi connectivity index (χ0n) is 13.4. The molecule has 1 atom stereocenters. The Labute approximate surface area is 132 Å². The molecule has 1 unspecified atom stereocenters. The number of hydrogen-bond donors (Lipinski definition) is 3. The average molecular weight is 308 g/mol. The highest BCUT2D eigenvalue weighted by Gasteiger charge is 2.15. The van der Waals surface area contributed by atoms with Crippen LogP contribution in [0.3, 0.4) is 0 Å². The molecule has 0 aromatic heterocycles. The molecule has 0 saturated heterocycles. The summed E-state index contributed by atoms with van der Waals surface area (Å²) in [6.07, 6.45) is 7.40. The van der Waals surface area contributed by atoms with Crippen molar-refractivity contribution in [2.45, 2.75) is 57.9 Å². The van der Waals surface area contributed by atoms with E-state index in [1.807, 2.05) is 0 Å². The van der Waals surface area contributed by atoms with Gasteiger partial charge in [0.2, 0.25) is 0 Å². The van der Waals surface area contributed by atoms with Gasteiger partial charge in [0.15, 0.2) is 0 Å². The van der Waals surface area contributed by atoms with Crippen molar-refractivity contribution in [3.63, 3.8) is 0 Å². The predicted molar refractivity (Wildman–Crippen MR) is 89.0 cm³/mol. The third-order valence-electron chi connectivity index (χ3n) is 3.60. The van der Waals surface area contributed by atoms with E-state index in [0.717, 1.165) is 18.4 Å². The third kappa shape index (κ3) is 6.80. The molecule has 5 N–H and O–H groups in total. The number of ether oxygens (including phenoxy) is 1. The molecule has 22 heavy (non-hydrogen) atoms. The first-order valence-electron chi connectivity index (χ1n) is 8.04. The number of carbonyl (C=O) groups is 1. The van der Waals surface area contributed by atoms with Crippen LogP contribution in [0.2, 0.25) is 0 Å². The summed E-state index contributed by atoms with van der Waals surface area (Å²) in [7, 11) is 0. The zero-order valence-corrected chi connectivity index (χ0v) is 13.4. The normalized spacial score (nSPS) is 12.1. The Morgan fingerprint density at radius 3 is 2.59 bits per heavy atom. The van der Waals surface area contributed by atoms with E-state index in [-0.39, 0.29) is 6.42 Å². The van der Waals surface area contributed by atoms with Crippen LogP contribution in [0.25, 0.3) is 0 Å². The van der Waals surface area contributed by atoms with Gasteiger partial charge < -0.3 is 21.3 Å². The van der Waals surface area contributed by atoms with Gasteiger partial charge in [-0.15, -0.1) is 0 Å². The molecule has 5 nitrogen and oxygen atoms in total. The van der Waals surface area contributed by atoms with Crippen LogP contribution in [-0.4, -0.2) is 23.7 Å². The second kappa shape index (κ2) is 10.1. The Morgan fingerprint density at radius 2 is 1.91 bits per heavy atom. The highest BCUT2D eigenvalue weighted by molar-refractivity contribution is 5.73. The minimum Gasteiger partial charge on any atom is -0.493 e. The first kappa shape index (κ1) is 18.3. The van der Waals surface area contributed by atoms with Crippen molar-refractivity contribution in [1.29, 1.82) is 0 Å². The van der Waals surface area contributed by atoms with Gasteiger partial charge in [0.1, 0.15) is 11.8 Å². The largest absolute Gasteiger partial charge is 0.493 e. The standard InChI is InChI=1S/C17H28N2O3/c1-2-3-4-5-6-7-10-22-16-9-8-14(18)11-13(16)12-15(19)17(20)21/h8-9,11,15H,2-7,10,12,18-19H2,1H3,(H,20,21). The highest BCUT2D eigenvalue weighted by atomic mass is 16.5. The maximum absolute atomic E-state index is 10.9. The van der Waals surface area contributed by atoms with Crippen LogP contribution < -0.4 is 16.2 Å². The molecule has 1 aromatic rings. The Balaban J connectivity index is 2.46. The van der Waals surface area contributed by atoms with E-state index < -0.39 is 12.0 Å². The number of carboxylic acid groups (broad SMARTS) is 1. The molecule has 0 spiro atoms. The van der Waals surface area contributed by atoms with Crippen molar-refractivity contribution in [3.05, 3.63) is 23.8 Å². The summed E-state index contributed by atoms with van der Waals surface area (Å²) in [4.78, 5) is 10.9. The van der Waals surface area contributed by atoms with Gasteiger partial charge >= 0.3 is 5.97 Å². The van der Waals surface area contributed by atoms with Crippen LogP contribution >= 0.6 is 0 Å². The number of carboxylic acids is 1. The van der Waals surface area contributed by atoms with Crippen molar-refractivity contribution in [2.24, 2.45) is 5.73 Å². The van der Waals surface area contributed by atoms with Gasteiger partial charge in [-0.05, 0) is 30.2 Å². The smallest absolute Gasteiger partial charge is 0.320 e. The maximum Gasteiger partial charge on any atom is 0.320 e. The van der Waals surface area contributed by atoms with Crippen molar-refractivity contribution < 1.29 is 14.6 Å². The second-order valence-electron chi connectivity index (χ2n) is 5.63. The molecule has 1 rings (SSSR count). The fourth-order valence-corrected chi connectivity index (χ4v) is 2.29. The topological polar surface area (TPSA) is 98.6 Å². The molecule has 1 aromatic carbocycles. The predicted octanol–water partition coefficient (Wildman–Crippen LogP) is 2.96. The first-order chi connectivity index (χ1) is 10.5. The SMILES string of the molecule is CCCCCCCCOc1ccc(N)cc1CC(N)C(=O)O. The summed E-state index contributed by atoms with van der Waals surface area (Å²) < 4.78 is 5.78. The van der Waals surface area contributed by atoms with Gasteiger partial charge in [0, 0.05) is 12.1 Å². The Bertz CT molecular complexity index is 463. The van der Waals surface area contributed by atoms with E-state index in [1.165, 1.54) is 25.7 Å². The fraction of sp³-hybridized carbons (Fsp3) is 0.588. The van der Waals surface area contributed by atoms with Gasteiger partial charge in [-0.25, -0.2) is 0 Å². The zero-order chi connectivity index (χ0) is 16.4. The number of rotatable bonds is 11. The molecule has 0 radical (unpaired) electrons. The van der Waals surface area contributed by atoms with Gasteiger partial charge in [0.05, 0.1) is 6.61 Å². The van der Waals surface area contributed by atoms with Crippen LogP contribution in [0.1, 0.15) is 51.0 Å². The third-order valence-corrected chi connectivity index (χ3v) is 3.60. The van der Waals surface area contributed by atoms with Crippen molar-refractivity contribution in [1.82, 2.24) is 0 Å². The van der Waals surface area contributed by atoms with Crippen LogP contribution in [0, 0.1) is 0 Å². The lowest BCUT2D eigenvalue weighted by molar-refractivity contribution is -0.138. The summed E-state index contributed by atoms with van der Waals surface area (Å²) in [6, 6.07) is 4.33. The lowest BCUT2D eigenvalue weighted by atomic mass is 10.0. The molecule has 0 aliphatic carbocycles. The molecule has 0 bridgehead atoms. The molecular weight excluding hydrogens is 280 g/mol. The minimum atomic E-state index is -1.02. The van der Waals surface area contributed by atoms with E-state index in [0.29, 0.717) is 18.0 Å². The number of unbranched alkanes of at least 4 members (excludes halogenated alkanes) is 5. The molecule has 0 aliphatic rings. The summed E-state index contributed by atoms with van der Waals surface area (Å²) in [5, 5.41) is 8.92. The average Bonchev–Trinajstić information content (AvgIpc) is 2.48. The molecular formula is C17H28N2O3. The number of nitrogen functional groups attached to an aromatic ring is 1. The quantitative estimate of drug-likeness (QED) is 0.431. The molecule has 124 valence electrons. The second-order valence-corrected chi connectivity index (χ2v) is 5.63. The van der Waals surface area contributed by atoms with Gasteiger partial charge in [-0.1, -0.05) is 39.0 Å². The van der Waals surface area contributed by atoms with E-state index >= 15 is 0 Å². The van der Waals surface area contributed by atoms with Crippen LogP contribution in [-0.2, 0) is 11.2 Å². The lowest BCUT2D eigenvalue weighted by Crippen LogP contribution is -2.32. The molecule has 0 aliphatic heterocycles. The Kier molecular flexibility index (Phi) is 8.36. The van der Waals surface area contributed by atoms with Crippen molar-refractivity contribution >= 4 is 11.7 Å². The van der Waals surface area contributed by atoms with Crippen molar-refractivity contribution in [3.8, 4) is 5.75 Å². The van der Waals surface area contributed by atoms with E-state index in [1.54, 1.807) is 18.2 Å².